The van der Waals surface area contributed by atoms with Crippen molar-refractivity contribution in [1.82, 2.24) is 4.90 Å². The number of hydrogen-bond acceptors (Lipinski definition) is 8. The molecule has 0 radical (unpaired) electrons. The largest absolute Gasteiger partial charge is 0.497 e. The van der Waals surface area contributed by atoms with Gasteiger partial charge in [0.2, 0.25) is 0 Å². The van der Waals surface area contributed by atoms with Gasteiger partial charge in [-0.3, -0.25) is 0 Å². The van der Waals surface area contributed by atoms with Crippen LogP contribution in [0.25, 0.3) is 0 Å². The third-order valence-electron chi connectivity index (χ3n) is 6.56. The Hall–Kier alpha value is -1.75. The van der Waals surface area contributed by atoms with Crippen LogP contribution in [0.4, 0.5) is 0 Å². The van der Waals surface area contributed by atoms with E-state index in [1.807, 2.05) is 38.4 Å². The van der Waals surface area contributed by atoms with Crippen molar-refractivity contribution in [3.63, 3.8) is 0 Å². The Labute approximate surface area is 188 Å². The zero-order chi connectivity index (χ0) is 23.5. The van der Waals surface area contributed by atoms with Crippen molar-refractivity contribution in [2.45, 2.75) is 74.3 Å². The minimum atomic E-state index is -1.75. The number of nitrogens with zero attached hydrogens (tertiary/aromatic N) is 1. The molecule has 6 atom stereocenters. The predicted molar refractivity (Wildman–Crippen MR) is 116 cm³/mol. The minimum absolute atomic E-state index is 0.105. The number of hydrogen-bond donors (Lipinski definition) is 4. The van der Waals surface area contributed by atoms with Crippen molar-refractivity contribution in [2.75, 3.05) is 27.7 Å². The third-order valence-corrected chi connectivity index (χ3v) is 6.56. The normalized spacial score (nSPS) is 31.3. The first-order valence-electron chi connectivity index (χ1n) is 11.1. The third kappa shape index (κ3) is 5.24. The molecule has 1 heterocycles. The molecule has 1 aromatic carbocycles. The Bertz CT molecular complexity index is 749. The van der Waals surface area contributed by atoms with Crippen LogP contribution in [0, 0.1) is 0 Å². The highest BCUT2D eigenvalue weighted by Gasteiger charge is 2.52. The highest BCUT2D eigenvalue weighted by atomic mass is 16.7. The molecule has 4 N–H and O–H groups in total. The van der Waals surface area contributed by atoms with Gasteiger partial charge < -0.3 is 39.5 Å². The van der Waals surface area contributed by atoms with Gasteiger partial charge in [-0.15, -0.1) is 0 Å². The number of rotatable bonds is 8. The van der Waals surface area contributed by atoms with Crippen LogP contribution in [-0.4, -0.2) is 95.4 Å². The maximum absolute atomic E-state index is 11.5. The van der Waals surface area contributed by atoms with E-state index in [2.05, 4.69) is 4.90 Å². The Kier molecular flexibility index (Phi) is 8.13. The molecule has 1 aliphatic carbocycles. The number of methoxy groups -OCH3 is 1. The monoisotopic (exact) mass is 453 g/mol. The molecule has 1 aromatic rings. The van der Waals surface area contributed by atoms with Crippen molar-refractivity contribution in [2.24, 2.45) is 0 Å². The number of aliphatic hydroxyl groups excluding tert-OH is 3. The number of aliphatic hydroxyl groups is 3. The zero-order valence-corrected chi connectivity index (χ0v) is 18.9. The van der Waals surface area contributed by atoms with Gasteiger partial charge in [-0.25, -0.2) is 4.79 Å². The van der Waals surface area contributed by atoms with Crippen LogP contribution in [0.3, 0.4) is 0 Å². The lowest BCUT2D eigenvalue weighted by Gasteiger charge is -2.49. The Morgan fingerprint density at radius 2 is 1.72 bits per heavy atom. The van der Waals surface area contributed by atoms with Crippen LogP contribution in [0.2, 0.25) is 0 Å². The van der Waals surface area contributed by atoms with E-state index in [1.54, 1.807) is 7.11 Å². The summed E-state index contributed by atoms with van der Waals surface area (Å²) >= 11 is 0. The summed E-state index contributed by atoms with van der Waals surface area (Å²) in [5.74, 6) is -0.787. The highest BCUT2D eigenvalue weighted by Crippen LogP contribution is 2.45. The second kappa shape index (κ2) is 10.5. The second-order valence-corrected chi connectivity index (χ2v) is 9.07. The Morgan fingerprint density at radius 1 is 1.09 bits per heavy atom. The van der Waals surface area contributed by atoms with Crippen LogP contribution < -0.4 is 4.74 Å². The summed E-state index contributed by atoms with van der Waals surface area (Å²) in [6.45, 7) is 0.655. The van der Waals surface area contributed by atoms with E-state index in [-0.39, 0.29) is 5.92 Å². The predicted octanol–water partition coefficient (Wildman–Crippen LogP) is 0.952. The van der Waals surface area contributed by atoms with E-state index >= 15 is 0 Å². The first-order valence-corrected chi connectivity index (χ1v) is 11.1. The van der Waals surface area contributed by atoms with Crippen molar-refractivity contribution in [3.05, 3.63) is 29.8 Å². The van der Waals surface area contributed by atoms with Gasteiger partial charge in [-0.1, -0.05) is 31.4 Å². The van der Waals surface area contributed by atoms with E-state index in [0.717, 1.165) is 30.6 Å². The van der Waals surface area contributed by atoms with Crippen molar-refractivity contribution in [1.29, 1.82) is 0 Å². The van der Waals surface area contributed by atoms with E-state index in [9.17, 15) is 25.2 Å². The zero-order valence-electron chi connectivity index (χ0n) is 18.9. The topological polar surface area (TPSA) is 129 Å². The number of benzene rings is 1. The molecule has 0 aromatic heterocycles. The number of carboxylic acid groups (broad SMARTS) is 1. The lowest BCUT2D eigenvalue weighted by atomic mass is 9.72. The van der Waals surface area contributed by atoms with Gasteiger partial charge in [0.1, 0.15) is 24.1 Å². The van der Waals surface area contributed by atoms with E-state index < -0.39 is 42.3 Å². The van der Waals surface area contributed by atoms with E-state index in [0.29, 0.717) is 19.4 Å². The molecule has 2 fully saturated rings. The summed E-state index contributed by atoms with van der Waals surface area (Å²) in [5, 5.41) is 40.3. The van der Waals surface area contributed by atoms with Crippen molar-refractivity contribution >= 4 is 5.97 Å². The highest BCUT2D eigenvalue weighted by molar-refractivity contribution is 5.73. The Balaban J connectivity index is 1.96. The van der Waals surface area contributed by atoms with Gasteiger partial charge in [0.15, 0.2) is 12.4 Å². The van der Waals surface area contributed by atoms with E-state index in [4.69, 9.17) is 14.2 Å². The van der Waals surface area contributed by atoms with Crippen LogP contribution in [-0.2, 0) is 14.3 Å². The molecule has 180 valence electrons. The minimum Gasteiger partial charge on any atom is -0.497 e. The Morgan fingerprint density at radius 3 is 2.25 bits per heavy atom. The van der Waals surface area contributed by atoms with Gasteiger partial charge in [-0.05, 0) is 44.6 Å². The number of carboxylic acids is 1. The first kappa shape index (κ1) is 24.9. The SMILES string of the molecule is COc1ccc(C(CN(C)C)C2(OC3OC(C(=O)O)C(O)C(O)C3O)CCCCC2)cc1. The molecule has 9 nitrogen and oxygen atoms in total. The maximum atomic E-state index is 11.5. The smallest absolute Gasteiger partial charge is 0.335 e. The molecular weight excluding hydrogens is 418 g/mol. The summed E-state index contributed by atoms with van der Waals surface area (Å²) in [7, 11) is 5.55. The van der Waals surface area contributed by atoms with Crippen molar-refractivity contribution < 1.29 is 39.4 Å². The molecule has 0 amide bonds. The van der Waals surface area contributed by atoms with Crippen LogP contribution in [0.15, 0.2) is 24.3 Å². The van der Waals surface area contributed by atoms with Gasteiger partial charge in [-0.2, -0.15) is 0 Å². The van der Waals surface area contributed by atoms with Crippen LogP contribution in [0.1, 0.15) is 43.6 Å². The molecule has 1 saturated heterocycles. The standard InChI is InChI=1S/C23H35NO8/c1-24(2)13-16(14-7-9-15(30-3)10-8-14)23(11-5-4-6-12-23)32-22-19(27)17(25)18(26)20(31-22)21(28)29/h7-10,16-20,22,25-27H,4-6,11-13H2,1-3H3,(H,28,29). The number of ether oxygens (including phenoxy) is 3. The number of aliphatic carboxylic acids is 1. The van der Waals surface area contributed by atoms with Gasteiger partial charge in [0.25, 0.3) is 0 Å². The maximum Gasteiger partial charge on any atom is 0.335 e. The number of carbonyl (C=O) groups is 1. The molecule has 3 rings (SSSR count). The van der Waals surface area contributed by atoms with E-state index in [1.165, 1.54) is 0 Å². The molecule has 32 heavy (non-hydrogen) atoms. The summed E-state index contributed by atoms with van der Waals surface area (Å²) < 4.78 is 17.2. The molecule has 0 spiro atoms. The van der Waals surface area contributed by atoms with Crippen LogP contribution >= 0.6 is 0 Å². The molecule has 9 heteroatoms. The van der Waals surface area contributed by atoms with Crippen LogP contribution in [0.5, 0.6) is 5.75 Å². The average molecular weight is 454 g/mol. The molecular formula is C23H35NO8. The van der Waals surface area contributed by atoms with Gasteiger partial charge >= 0.3 is 5.97 Å². The number of likely N-dealkylation sites (N-methyl/N-ethyl adjacent to an activating group) is 1. The fraction of sp³-hybridized carbons (Fsp3) is 0.696. The summed E-state index contributed by atoms with van der Waals surface area (Å²) in [6, 6.07) is 7.76. The fourth-order valence-corrected chi connectivity index (χ4v) is 4.86. The van der Waals surface area contributed by atoms with Gasteiger partial charge in [0.05, 0.1) is 12.7 Å². The average Bonchev–Trinajstić information content (AvgIpc) is 2.78. The molecule has 6 unspecified atom stereocenters. The lowest BCUT2D eigenvalue weighted by molar-refractivity contribution is -0.326. The quantitative estimate of drug-likeness (QED) is 0.455. The van der Waals surface area contributed by atoms with Crippen molar-refractivity contribution in [3.8, 4) is 5.75 Å². The second-order valence-electron chi connectivity index (χ2n) is 9.07. The molecule has 1 aliphatic heterocycles. The summed E-state index contributed by atoms with van der Waals surface area (Å²) in [5.41, 5.74) is 0.287. The molecule has 0 bridgehead atoms. The fourth-order valence-electron chi connectivity index (χ4n) is 4.86. The summed E-state index contributed by atoms with van der Waals surface area (Å²) in [6.07, 6.45) is -3.81. The molecule has 1 saturated carbocycles. The lowest BCUT2D eigenvalue weighted by Crippen LogP contribution is -2.62. The summed E-state index contributed by atoms with van der Waals surface area (Å²) in [4.78, 5) is 13.6. The molecule has 2 aliphatic rings. The van der Waals surface area contributed by atoms with Gasteiger partial charge in [0, 0.05) is 12.5 Å². The first-order chi connectivity index (χ1) is 15.2.